The molecule has 1 aliphatic heterocycles. The van der Waals surface area contributed by atoms with E-state index in [-0.39, 0.29) is 11.6 Å². The molecule has 1 amide bonds. The van der Waals surface area contributed by atoms with Crippen molar-refractivity contribution in [1.29, 1.82) is 0 Å². The van der Waals surface area contributed by atoms with Gasteiger partial charge in [0.25, 0.3) is 5.91 Å². The van der Waals surface area contributed by atoms with Gasteiger partial charge in [-0.05, 0) is 30.4 Å². The van der Waals surface area contributed by atoms with E-state index in [9.17, 15) is 9.18 Å². The van der Waals surface area contributed by atoms with Crippen molar-refractivity contribution in [1.82, 2.24) is 9.88 Å². The van der Waals surface area contributed by atoms with Gasteiger partial charge in [-0.15, -0.1) is 0 Å². The standard InChI is InChI=1S/C13H17FN2O/c1-13(2)6-8-16(9-7-13)12(17)10-4-3-5-11(14)15-10/h3-5H,6-9H2,1-2H3. The minimum Gasteiger partial charge on any atom is -0.337 e. The second kappa shape index (κ2) is 4.43. The molecule has 0 aromatic carbocycles. The zero-order chi connectivity index (χ0) is 12.5. The zero-order valence-corrected chi connectivity index (χ0v) is 10.2. The van der Waals surface area contributed by atoms with E-state index in [0.717, 1.165) is 25.9 Å². The summed E-state index contributed by atoms with van der Waals surface area (Å²) in [5, 5.41) is 0. The Balaban J connectivity index is 2.07. The van der Waals surface area contributed by atoms with Crippen LogP contribution in [0.25, 0.3) is 0 Å². The number of amides is 1. The minimum absolute atomic E-state index is 0.167. The maximum atomic E-state index is 12.9. The third-order valence-electron chi connectivity index (χ3n) is 3.34. The topological polar surface area (TPSA) is 33.2 Å². The van der Waals surface area contributed by atoms with Gasteiger partial charge in [0.05, 0.1) is 0 Å². The van der Waals surface area contributed by atoms with E-state index in [1.165, 1.54) is 12.1 Å². The van der Waals surface area contributed by atoms with Gasteiger partial charge in [0, 0.05) is 13.1 Å². The van der Waals surface area contributed by atoms with Crippen LogP contribution >= 0.6 is 0 Å². The van der Waals surface area contributed by atoms with E-state index in [0.29, 0.717) is 5.41 Å². The normalized spacial score (nSPS) is 19.1. The fourth-order valence-corrected chi connectivity index (χ4v) is 2.00. The Bertz CT molecular complexity index is 421. The van der Waals surface area contributed by atoms with Crippen LogP contribution in [0.3, 0.4) is 0 Å². The lowest BCUT2D eigenvalue weighted by molar-refractivity contribution is 0.0623. The summed E-state index contributed by atoms with van der Waals surface area (Å²) in [6.45, 7) is 5.86. The highest BCUT2D eigenvalue weighted by molar-refractivity contribution is 5.92. The largest absolute Gasteiger partial charge is 0.337 e. The lowest BCUT2D eigenvalue weighted by atomic mass is 9.82. The van der Waals surface area contributed by atoms with E-state index in [2.05, 4.69) is 18.8 Å². The minimum atomic E-state index is -0.604. The summed E-state index contributed by atoms with van der Waals surface area (Å²) < 4.78 is 12.9. The fraction of sp³-hybridized carbons (Fsp3) is 0.538. The van der Waals surface area contributed by atoms with Crippen LogP contribution in [0.15, 0.2) is 18.2 Å². The molecule has 4 heteroatoms. The molecule has 1 aromatic rings. The molecule has 0 spiro atoms. The number of aromatic nitrogens is 1. The highest BCUT2D eigenvalue weighted by Crippen LogP contribution is 2.30. The van der Waals surface area contributed by atoms with E-state index in [1.807, 2.05) is 0 Å². The van der Waals surface area contributed by atoms with Crippen molar-refractivity contribution in [2.45, 2.75) is 26.7 Å². The van der Waals surface area contributed by atoms with Crippen molar-refractivity contribution in [3.8, 4) is 0 Å². The second-order valence-corrected chi connectivity index (χ2v) is 5.30. The lowest BCUT2D eigenvalue weighted by Gasteiger charge is -2.36. The number of hydrogen-bond donors (Lipinski definition) is 0. The van der Waals surface area contributed by atoms with E-state index < -0.39 is 5.95 Å². The zero-order valence-electron chi connectivity index (χ0n) is 10.2. The van der Waals surface area contributed by atoms with Crippen LogP contribution in [-0.4, -0.2) is 28.9 Å². The van der Waals surface area contributed by atoms with E-state index in [1.54, 1.807) is 11.0 Å². The van der Waals surface area contributed by atoms with Crippen molar-refractivity contribution >= 4 is 5.91 Å². The first-order valence-electron chi connectivity index (χ1n) is 5.90. The van der Waals surface area contributed by atoms with Gasteiger partial charge in [0.15, 0.2) is 0 Å². The van der Waals surface area contributed by atoms with Crippen LogP contribution in [0.5, 0.6) is 0 Å². The summed E-state index contributed by atoms with van der Waals surface area (Å²) in [6.07, 6.45) is 1.96. The van der Waals surface area contributed by atoms with E-state index in [4.69, 9.17) is 0 Å². The Kier molecular flexibility index (Phi) is 3.13. The van der Waals surface area contributed by atoms with Gasteiger partial charge in [-0.2, -0.15) is 4.39 Å². The first-order valence-corrected chi connectivity index (χ1v) is 5.90. The Morgan fingerprint density at radius 3 is 2.59 bits per heavy atom. The number of piperidine rings is 1. The van der Waals surface area contributed by atoms with Crippen LogP contribution in [0.2, 0.25) is 0 Å². The maximum absolute atomic E-state index is 12.9. The molecule has 0 bridgehead atoms. The second-order valence-electron chi connectivity index (χ2n) is 5.30. The van der Waals surface area contributed by atoms with Gasteiger partial charge in [0.1, 0.15) is 5.69 Å². The highest BCUT2D eigenvalue weighted by atomic mass is 19.1. The predicted octanol–water partition coefficient (Wildman–Crippen LogP) is 2.48. The van der Waals surface area contributed by atoms with Crippen molar-refractivity contribution < 1.29 is 9.18 Å². The average molecular weight is 236 g/mol. The molecule has 92 valence electrons. The summed E-state index contributed by atoms with van der Waals surface area (Å²) in [7, 11) is 0. The van der Waals surface area contributed by atoms with Gasteiger partial charge in [-0.3, -0.25) is 4.79 Å². The molecule has 0 saturated carbocycles. The summed E-state index contributed by atoms with van der Waals surface area (Å²) in [4.78, 5) is 17.4. The Morgan fingerprint density at radius 1 is 1.35 bits per heavy atom. The Morgan fingerprint density at radius 2 is 2.00 bits per heavy atom. The highest BCUT2D eigenvalue weighted by Gasteiger charge is 2.28. The molecular formula is C13H17FN2O. The SMILES string of the molecule is CC1(C)CCN(C(=O)c2cccc(F)n2)CC1. The molecule has 1 fully saturated rings. The van der Waals surface area contributed by atoms with Gasteiger partial charge in [0.2, 0.25) is 5.95 Å². The molecule has 0 aliphatic carbocycles. The van der Waals surface area contributed by atoms with Gasteiger partial charge in [-0.25, -0.2) is 4.98 Å². The monoisotopic (exact) mass is 236 g/mol. The summed E-state index contributed by atoms with van der Waals surface area (Å²) in [5.41, 5.74) is 0.497. The number of likely N-dealkylation sites (tertiary alicyclic amines) is 1. The van der Waals surface area contributed by atoms with Crippen LogP contribution in [0.1, 0.15) is 37.2 Å². The summed E-state index contributed by atoms with van der Waals surface area (Å²) >= 11 is 0. The molecule has 3 nitrogen and oxygen atoms in total. The van der Waals surface area contributed by atoms with Crippen LogP contribution < -0.4 is 0 Å². The Labute approximate surface area is 101 Å². The molecule has 0 unspecified atom stereocenters. The van der Waals surface area contributed by atoms with Crippen molar-refractivity contribution in [3.05, 3.63) is 29.8 Å². The van der Waals surface area contributed by atoms with Crippen LogP contribution in [-0.2, 0) is 0 Å². The first-order chi connectivity index (χ1) is 7.98. The molecule has 2 heterocycles. The van der Waals surface area contributed by atoms with Gasteiger partial charge >= 0.3 is 0 Å². The number of rotatable bonds is 1. The molecule has 0 N–H and O–H groups in total. The number of carbonyl (C=O) groups excluding carboxylic acids is 1. The molecule has 1 saturated heterocycles. The number of nitrogens with zero attached hydrogens (tertiary/aromatic N) is 2. The molecule has 17 heavy (non-hydrogen) atoms. The smallest absolute Gasteiger partial charge is 0.272 e. The fourth-order valence-electron chi connectivity index (χ4n) is 2.00. The van der Waals surface area contributed by atoms with Gasteiger partial charge < -0.3 is 4.90 Å². The molecule has 0 radical (unpaired) electrons. The Hall–Kier alpha value is -1.45. The van der Waals surface area contributed by atoms with Crippen LogP contribution in [0.4, 0.5) is 4.39 Å². The summed E-state index contributed by atoms with van der Waals surface area (Å²) in [6, 6.07) is 4.32. The first kappa shape index (κ1) is 12.0. The molecule has 0 atom stereocenters. The average Bonchev–Trinajstić information content (AvgIpc) is 2.28. The lowest BCUT2D eigenvalue weighted by Crippen LogP contribution is -2.41. The maximum Gasteiger partial charge on any atom is 0.272 e. The molecule has 2 rings (SSSR count). The van der Waals surface area contributed by atoms with E-state index >= 15 is 0 Å². The number of hydrogen-bond acceptors (Lipinski definition) is 2. The van der Waals surface area contributed by atoms with Crippen LogP contribution in [0, 0.1) is 11.4 Å². The predicted molar refractivity (Wildman–Crippen MR) is 63.1 cm³/mol. The number of carbonyl (C=O) groups is 1. The number of pyridine rings is 1. The van der Waals surface area contributed by atoms with Crippen molar-refractivity contribution in [2.75, 3.05) is 13.1 Å². The molecule has 1 aliphatic rings. The molecular weight excluding hydrogens is 219 g/mol. The third-order valence-corrected chi connectivity index (χ3v) is 3.34. The summed E-state index contributed by atoms with van der Waals surface area (Å²) in [5.74, 6) is -0.770. The number of halogens is 1. The van der Waals surface area contributed by atoms with Gasteiger partial charge in [-0.1, -0.05) is 19.9 Å². The van der Waals surface area contributed by atoms with Crippen molar-refractivity contribution in [2.24, 2.45) is 5.41 Å². The molecule has 1 aromatic heterocycles. The van der Waals surface area contributed by atoms with Crippen molar-refractivity contribution in [3.63, 3.8) is 0 Å². The quantitative estimate of drug-likeness (QED) is 0.702. The third kappa shape index (κ3) is 2.81.